The van der Waals surface area contributed by atoms with E-state index in [1.54, 1.807) is 32.9 Å². The van der Waals surface area contributed by atoms with Crippen molar-refractivity contribution in [1.29, 1.82) is 5.26 Å². The Bertz CT molecular complexity index is 576. The minimum Gasteiger partial charge on any atom is -0.432 e. The second-order valence-electron chi connectivity index (χ2n) is 4.52. The van der Waals surface area contributed by atoms with E-state index >= 15 is 0 Å². The third-order valence-corrected chi connectivity index (χ3v) is 3.09. The molecule has 6 heteroatoms. The molecule has 0 aliphatic rings. The summed E-state index contributed by atoms with van der Waals surface area (Å²) in [7, 11) is 0. The molecule has 118 valence electrons. The van der Waals surface area contributed by atoms with Crippen LogP contribution in [0.1, 0.15) is 26.3 Å². The van der Waals surface area contributed by atoms with Crippen LogP contribution in [0.4, 0.5) is 0 Å². The van der Waals surface area contributed by atoms with Crippen LogP contribution in [0.3, 0.4) is 0 Å². The zero-order valence-electron chi connectivity index (χ0n) is 12.9. The van der Waals surface area contributed by atoms with Gasteiger partial charge in [-0.15, -0.1) is 0 Å². The van der Waals surface area contributed by atoms with Gasteiger partial charge in [-0.1, -0.05) is 23.7 Å². The Kier molecular flexibility index (Phi) is 7.44. The molecule has 0 saturated heterocycles. The average molecular weight is 323 g/mol. The molecule has 0 spiro atoms. The number of hydrogen-bond donors (Lipinski definition) is 1. The Hall–Kier alpha value is -2.03. The number of benzene rings is 1. The summed E-state index contributed by atoms with van der Waals surface area (Å²) in [5, 5.41) is 12.8. The fraction of sp³-hybridized carbons (Fsp3) is 0.375. The van der Waals surface area contributed by atoms with Gasteiger partial charge >= 0.3 is 5.97 Å². The van der Waals surface area contributed by atoms with E-state index in [0.717, 1.165) is 5.56 Å². The lowest BCUT2D eigenvalue weighted by Gasteiger charge is -2.14. The van der Waals surface area contributed by atoms with Crippen LogP contribution in [0.25, 0.3) is 0 Å². The number of nitrogens with one attached hydrogen (secondary N) is 1. The lowest BCUT2D eigenvalue weighted by Crippen LogP contribution is -2.22. The Morgan fingerprint density at radius 3 is 2.59 bits per heavy atom. The number of hydrogen-bond acceptors (Lipinski definition) is 5. The first kappa shape index (κ1) is 18.0. The molecule has 5 nitrogen and oxygen atoms in total. The summed E-state index contributed by atoms with van der Waals surface area (Å²) < 4.78 is 10.2. The fourth-order valence-corrected chi connectivity index (χ4v) is 1.81. The van der Waals surface area contributed by atoms with Gasteiger partial charge in [0.2, 0.25) is 6.29 Å². The van der Waals surface area contributed by atoms with Gasteiger partial charge in [-0.2, -0.15) is 5.26 Å². The molecular weight excluding hydrogens is 304 g/mol. The average Bonchev–Trinajstić information content (AvgIpc) is 2.47. The number of carbonyl (C=O) groups is 1. The minimum atomic E-state index is -0.704. The predicted molar refractivity (Wildman–Crippen MR) is 83.8 cm³/mol. The second kappa shape index (κ2) is 9.08. The van der Waals surface area contributed by atoms with Crippen LogP contribution >= 0.6 is 11.6 Å². The molecule has 1 N–H and O–H groups in total. The molecule has 1 atom stereocenters. The van der Waals surface area contributed by atoms with E-state index in [1.807, 2.05) is 18.2 Å². The highest BCUT2D eigenvalue weighted by Crippen LogP contribution is 2.11. The van der Waals surface area contributed by atoms with Crippen LogP contribution < -0.4 is 5.32 Å². The van der Waals surface area contributed by atoms with E-state index in [-0.39, 0.29) is 5.57 Å². The zero-order chi connectivity index (χ0) is 16.5. The van der Waals surface area contributed by atoms with Crippen LogP contribution in [-0.2, 0) is 20.8 Å². The molecule has 0 heterocycles. The van der Waals surface area contributed by atoms with Crippen molar-refractivity contribution in [3.63, 3.8) is 0 Å². The summed E-state index contributed by atoms with van der Waals surface area (Å²) in [5.41, 5.74) is 1.36. The van der Waals surface area contributed by atoms with Gasteiger partial charge in [0, 0.05) is 23.9 Å². The standard InChI is InChI=1S/C16H19ClN2O3/c1-4-21-12(3)22-16(20)15(9-18)11(2)19-10-13-5-7-14(17)8-6-13/h5-8,12,19H,4,10H2,1-3H3. The Morgan fingerprint density at radius 2 is 2.05 bits per heavy atom. The van der Waals surface area contributed by atoms with E-state index < -0.39 is 12.3 Å². The zero-order valence-corrected chi connectivity index (χ0v) is 13.6. The molecule has 1 unspecified atom stereocenters. The summed E-state index contributed by atoms with van der Waals surface area (Å²) in [6.07, 6.45) is -0.690. The van der Waals surface area contributed by atoms with Crippen molar-refractivity contribution in [2.24, 2.45) is 0 Å². The molecule has 0 saturated carbocycles. The van der Waals surface area contributed by atoms with Crippen LogP contribution in [0.15, 0.2) is 35.5 Å². The van der Waals surface area contributed by atoms with E-state index in [4.69, 9.17) is 26.3 Å². The monoisotopic (exact) mass is 322 g/mol. The van der Waals surface area contributed by atoms with Crippen LogP contribution in [0.2, 0.25) is 5.02 Å². The summed E-state index contributed by atoms with van der Waals surface area (Å²) in [5.74, 6) is -0.704. The molecule has 0 amide bonds. The smallest absolute Gasteiger partial charge is 0.352 e. The Labute approximate surface area is 135 Å². The maximum Gasteiger partial charge on any atom is 0.352 e. The van der Waals surface area contributed by atoms with Crippen molar-refractivity contribution in [3.05, 3.63) is 46.1 Å². The molecule has 0 aliphatic heterocycles. The number of nitriles is 1. The normalized spacial score (nSPS) is 12.9. The Morgan fingerprint density at radius 1 is 1.41 bits per heavy atom. The van der Waals surface area contributed by atoms with Crippen molar-refractivity contribution < 1.29 is 14.3 Å². The maximum absolute atomic E-state index is 11.9. The quantitative estimate of drug-likeness (QED) is 0.361. The van der Waals surface area contributed by atoms with Gasteiger partial charge < -0.3 is 14.8 Å². The topological polar surface area (TPSA) is 71.3 Å². The van der Waals surface area contributed by atoms with Crippen molar-refractivity contribution in [2.45, 2.75) is 33.6 Å². The van der Waals surface area contributed by atoms with Gasteiger partial charge in [0.1, 0.15) is 6.07 Å². The molecule has 0 aliphatic carbocycles. The third-order valence-electron chi connectivity index (χ3n) is 2.84. The van der Waals surface area contributed by atoms with Gasteiger partial charge in [0.25, 0.3) is 0 Å². The lowest BCUT2D eigenvalue weighted by atomic mass is 10.2. The molecule has 0 radical (unpaired) electrons. The largest absolute Gasteiger partial charge is 0.432 e. The highest BCUT2D eigenvalue weighted by molar-refractivity contribution is 6.30. The van der Waals surface area contributed by atoms with Crippen molar-refractivity contribution >= 4 is 17.6 Å². The minimum absolute atomic E-state index is 0.0690. The molecule has 0 aromatic heterocycles. The van der Waals surface area contributed by atoms with Crippen LogP contribution in [0, 0.1) is 11.3 Å². The lowest BCUT2D eigenvalue weighted by molar-refractivity contribution is -0.168. The van der Waals surface area contributed by atoms with E-state index in [9.17, 15) is 4.79 Å². The first-order chi connectivity index (χ1) is 10.5. The van der Waals surface area contributed by atoms with Crippen molar-refractivity contribution in [2.75, 3.05) is 6.61 Å². The van der Waals surface area contributed by atoms with E-state index in [1.165, 1.54) is 0 Å². The first-order valence-electron chi connectivity index (χ1n) is 6.89. The molecular formula is C16H19ClN2O3. The van der Waals surface area contributed by atoms with Gasteiger partial charge in [-0.25, -0.2) is 4.79 Å². The molecule has 1 rings (SSSR count). The third kappa shape index (κ3) is 5.76. The highest BCUT2D eigenvalue weighted by atomic mass is 35.5. The molecule has 22 heavy (non-hydrogen) atoms. The molecule has 1 aromatic carbocycles. The van der Waals surface area contributed by atoms with Crippen molar-refractivity contribution in [3.8, 4) is 6.07 Å². The first-order valence-corrected chi connectivity index (χ1v) is 7.27. The summed E-state index contributed by atoms with van der Waals surface area (Å²) >= 11 is 5.82. The number of nitrogens with zero attached hydrogens (tertiary/aromatic N) is 1. The number of allylic oxidation sites excluding steroid dienone is 1. The van der Waals surface area contributed by atoms with Gasteiger partial charge in [-0.05, 0) is 38.5 Å². The number of rotatable bonds is 7. The van der Waals surface area contributed by atoms with Gasteiger partial charge in [0.05, 0.1) is 0 Å². The van der Waals surface area contributed by atoms with Gasteiger partial charge in [-0.3, -0.25) is 0 Å². The van der Waals surface area contributed by atoms with E-state index in [0.29, 0.717) is 23.9 Å². The van der Waals surface area contributed by atoms with Crippen molar-refractivity contribution in [1.82, 2.24) is 5.32 Å². The van der Waals surface area contributed by atoms with Gasteiger partial charge in [0.15, 0.2) is 5.57 Å². The second-order valence-corrected chi connectivity index (χ2v) is 4.96. The molecule has 1 aromatic rings. The number of halogens is 1. The fourth-order valence-electron chi connectivity index (χ4n) is 1.69. The summed E-state index contributed by atoms with van der Waals surface area (Å²) in [4.78, 5) is 11.9. The predicted octanol–water partition coefficient (Wildman–Crippen LogP) is 3.15. The van der Waals surface area contributed by atoms with Crippen LogP contribution in [-0.4, -0.2) is 18.9 Å². The SMILES string of the molecule is CCOC(C)OC(=O)C(C#N)=C(C)NCc1ccc(Cl)cc1. The summed E-state index contributed by atoms with van der Waals surface area (Å²) in [6, 6.07) is 9.15. The molecule has 0 bridgehead atoms. The maximum atomic E-state index is 11.9. The van der Waals surface area contributed by atoms with E-state index in [2.05, 4.69) is 5.32 Å². The Balaban J connectivity index is 2.69. The summed E-state index contributed by atoms with van der Waals surface area (Å²) in [6.45, 7) is 5.95. The number of ether oxygens (including phenoxy) is 2. The highest BCUT2D eigenvalue weighted by Gasteiger charge is 2.17. The number of esters is 1. The van der Waals surface area contributed by atoms with Crippen LogP contribution in [0.5, 0.6) is 0 Å². The number of carbonyl (C=O) groups excluding carboxylic acids is 1. The molecule has 0 fully saturated rings.